The molecule has 1 aliphatic carbocycles. The molecule has 0 radical (unpaired) electrons. The lowest BCUT2D eigenvalue weighted by atomic mass is 9.88. The molecular formula is C23H27N3O3. The van der Waals surface area contributed by atoms with Crippen LogP contribution in [0.2, 0.25) is 0 Å². The van der Waals surface area contributed by atoms with Crippen molar-refractivity contribution >= 4 is 11.7 Å². The highest BCUT2D eigenvalue weighted by Crippen LogP contribution is 2.33. The van der Waals surface area contributed by atoms with Gasteiger partial charge in [0.2, 0.25) is 0 Å². The lowest BCUT2D eigenvalue weighted by Crippen LogP contribution is -2.32. The van der Waals surface area contributed by atoms with Gasteiger partial charge in [0.1, 0.15) is 11.4 Å². The summed E-state index contributed by atoms with van der Waals surface area (Å²) in [5, 5.41) is 16.2. The molecule has 0 fully saturated rings. The molecule has 29 heavy (non-hydrogen) atoms. The standard InChI is InChI=1S/C23H27N3O3/c1-15-18-10-9-16(12-22(27)29-23(2,3)4)11-20(18)26(25-15)14-19-17(13-24)7-6-8-21(19)28-5/h6-11,18,20H,12,14H2,1-5H3. The number of carbonyl (C=O) groups is 1. The number of hydrazone groups is 1. The van der Waals surface area contributed by atoms with Gasteiger partial charge in [-0.25, -0.2) is 0 Å². The SMILES string of the molecule is COc1cccc(C#N)c1CN1N=C(C)C2C=CC(CC(=O)OC(C)(C)C)=CC21. The van der Waals surface area contributed by atoms with Crippen LogP contribution >= 0.6 is 0 Å². The Morgan fingerprint density at radius 1 is 1.34 bits per heavy atom. The fourth-order valence-corrected chi connectivity index (χ4v) is 3.70. The summed E-state index contributed by atoms with van der Waals surface area (Å²) in [6, 6.07) is 7.68. The minimum absolute atomic E-state index is 0.00566. The number of hydrogen-bond acceptors (Lipinski definition) is 6. The number of nitriles is 1. The first-order chi connectivity index (χ1) is 13.7. The quantitative estimate of drug-likeness (QED) is 0.708. The van der Waals surface area contributed by atoms with Gasteiger partial charge in [-0.05, 0) is 45.4 Å². The van der Waals surface area contributed by atoms with Crippen LogP contribution in [0.5, 0.6) is 5.75 Å². The van der Waals surface area contributed by atoms with Crippen molar-refractivity contribution in [3.05, 3.63) is 53.1 Å². The van der Waals surface area contributed by atoms with E-state index in [-0.39, 0.29) is 24.3 Å². The van der Waals surface area contributed by atoms with E-state index in [0.29, 0.717) is 17.9 Å². The topological polar surface area (TPSA) is 74.9 Å². The van der Waals surface area contributed by atoms with Gasteiger partial charge in [0, 0.05) is 17.2 Å². The molecule has 1 aromatic rings. The molecule has 2 atom stereocenters. The monoisotopic (exact) mass is 393 g/mol. The summed E-state index contributed by atoms with van der Waals surface area (Å²) < 4.78 is 10.9. The molecule has 6 nitrogen and oxygen atoms in total. The molecule has 1 heterocycles. The Bertz CT molecular complexity index is 932. The molecule has 0 aromatic heterocycles. The minimum atomic E-state index is -0.505. The Morgan fingerprint density at radius 3 is 2.76 bits per heavy atom. The fourth-order valence-electron chi connectivity index (χ4n) is 3.70. The predicted molar refractivity (Wildman–Crippen MR) is 111 cm³/mol. The molecule has 0 saturated heterocycles. The number of allylic oxidation sites excluding steroid dienone is 1. The van der Waals surface area contributed by atoms with Gasteiger partial charge >= 0.3 is 5.97 Å². The molecule has 1 aliphatic heterocycles. The van der Waals surface area contributed by atoms with Crippen LogP contribution < -0.4 is 4.74 Å². The number of rotatable bonds is 5. The van der Waals surface area contributed by atoms with Crippen molar-refractivity contribution in [3.63, 3.8) is 0 Å². The van der Waals surface area contributed by atoms with Gasteiger partial charge < -0.3 is 9.47 Å². The van der Waals surface area contributed by atoms with Crippen LogP contribution in [-0.4, -0.2) is 35.4 Å². The second-order valence-corrected chi connectivity index (χ2v) is 8.32. The molecule has 6 heteroatoms. The summed E-state index contributed by atoms with van der Waals surface area (Å²) in [5.74, 6) is 0.577. The Labute approximate surface area is 172 Å². The summed E-state index contributed by atoms with van der Waals surface area (Å²) in [5.41, 5.74) is 2.80. The maximum Gasteiger partial charge on any atom is 0.310 e. The van der Waals surface area contributed by atoms with Crippen molar-refractivity contribution in [1.29, 1.82) is 5.26 Å². The summed E-state index contributed by atoms with van der Waals surface area (Å²) >= 11 is 0. The van der Waals surface area contributed by atoms with Crippen molar-refractivity contribution in [2.45, 2.75) is 52.3 Å². The average molecular weight is 393 g/mol. The lowest BCUT2D eigenvalue weighted by Gasteiger charge is -2.28. The van der Waals surface area contributed by atoms with Crippen LogP contribution in [0.1, 0.15) is 45.2 Å². The van der Waals surface area contributed by atoms with Crippen molar-refractivity contribution in [2.75, 3.05) is 7.11 Å². The predicted octanol–water partition coefficient (Wildman–Crippen LogP) is 3.97. The highest BCUT2D eigenvalue weighted by Gasteiger charge is 2.35. The Balaban J connectivity index is 1.82. The molecule has 0 N–H and O–H groups in total. The van der Waals surface area contributed by atoms with Crippen LogP contribution in [0.15, 0.2) is 47.1 Å². The number of hydrogen-bond donors (Lipinski definition) is 0. The molecule has 0 bridgehead atoms. The minimum Gasteiger partial charge on any atom is -0.496 e. The van der Waals surface area contributed by atoms with E-state index in [0.717, 1.165) is 16.8 Å². The van der Waals surface area contributed by atoms with Crippen molar-refractivity contribution in [3.8, 4) is 11.8 Å². The lowest BCUT2D eigenvalue weighted by molar-refractivity contribution is -0.153. The molecular weight excluding hydrogens is 366 g/mol. The Kier molecular flexibility index (Phi) is 5.78. The molecule has 2 unspecified atom stereocenters. The van der Waals surface area contributed by atoms with Gasteiger partial charge in [-0.1, -0.05) is 24.3 Å². The third kappa shape index (κ3) is 4.68. The van der Waals surface area contributed by atoms with E-state index in [4.69, 9.17) is 14.6 Å². The van der Waals surface area contributed by atoms with E-state index >= 15 is 0 Å². The number of nitrogens with zero attached hydrogens (tertiary/aromatic N) is 3. The molecule has 0 spiro atoms. The smallest absolute Gasteiger partial charge is 0.310 e. The molecule has 3 rings (SSSR count). The van der Waals surface area contributed by atoms with Crippen LogP contribution in [0, 0.1) is 17.2 Å². The van der Waals surface area contributed by atoms with E-state index in [9.17, 15) is 10.1 Å². The van der Waals surface area contributed by atoms with Crippen molar-refractivity contribution in [1.82, 2.24) is 5.01 Å². The zero-order chi connectivity index (χ0) is 21.2. The number of esters is 1. The van der Waals surface area contributed by atoms with E-state index in [2.05, 4.69) is 18.2 Å². The molecule has 0 amide bonds. The summed E-state index contributed by atoms with van der Waals surface area (Å²) in [6.07, 6.45) is 6.38. The zero-order valence-corrected chi connectivity index (χ0v) is 17.6. The van der Waals surface area contributed by atoms with Gasteiger partial charge in [0.05, 0.1) is 37.7 Å². The second-order valence-electron chi connectivity index (χ2n) is 8.32. The number of carbonyl (C=O) groups excluding carboxylic acids is 1. The highest BCUT2D eigenvalue weighted by molar-refractivity contribution is 5.89. The first kappa shape index (κ1) is 20.7. The first-order valence-electron chi connectivity index (χ1n) is 9.70. The summed E-state index contributed by atoms with van der Waals surface area (Å²) in [4.78, 5) is 12.2. The Hall–Kier alpha value is -3.07. The number of ether oxygens (including phenoxy) is 2. The summed E-state index contributed by atoms with van der Waals surface area (Å²) in [6.45, 7) is 8.05. The van der Waals surface area contributed by atoms with Crippen LogP contribution in [-0.2, 0) is 16.1 Å². The molecule has 1 aromatic carbocycles. The van der Waals surface area contributed by atoms with E-state index < -0.39 is 5.60 Å². The van der Waals surface area contributed by atoms with Crippen molar-refractivity contribution < 1.29 is 14.3 Å². The van der Waals surface area contributed by atoms with Gasteiger partial charge in [0.15, 0.2) is 0 Å². The van der Waals surface area contributed by atoms with Crippen LogP contribution in [0.4, 0.5) is 0 Å². The second kappa shape index (κ2) is 8.12. The Morgan fingerprint density at radius 2 is 2.10 bits per heavy atom. The maximum atomic E-state index is 12.2. The summed E-state index contributed by atoms with van der Waals surface area (Å²) in [7, 11) is 1.60. The third-order valence-electron chi connectivity index (χ3n) is 4.95. The number of benzene rings is 1. The molecule has 0 saturated carbocycles. The number of methoxy groups -OCH3 is 1. The van der Waals surface area contributed by atoms with Crippen molar-refractivity contribution in [2.24, 2.45) is 11.0 Å². The van der Waals surface area contributed by atoms with E-state index in [1.165, 1.54) is 0 Å². The largest absolute Gasteiger partial charge is 0.496 e. The van der Waals surface area contributed by atoms with Gasteiger partial charge in [-0.15, -0.1) is 0 Å². The first-order valence-corrected chi connectivity index (χ1v) is 9.70. The van der Waals surface area contributed by atoms with Gasteiger partial charge in [0.25, 0.3) is 0 Å². The van der Waals surface area contributed by atoms with E-state index in [1.807, 2.05) is 50.9 Å². The molecule has 152 valence electrons. The molecule has 2 aliphatic rings. The fraction of sp³-hybridized carbons (Fsp3) is 0.435. The van der Waals surface area contributed by atoms with Crippen LogP contribution in [0.3, 0.4) is 0 Å². The van der Waals surface area contributed by atoms with Crippen LogP contribution in [0.25, 0.3) is 0 Å². The third-order valence-corrected chi connectivity index (χ3v) is 4.95. The normalized spacial score (nSPS) is 20.5. The zero-order valence-electron chi connectivity index (χ0n) is 17.6. The van der Waals surface area contributed by atoms with E-state index in [1.54, 1.807) is 13.2 Å². The van der Waals surface area contributed by atoms with Gasteiger partial charge in [-0.3, -0.25) is 9.80 Å². The average Bonchev–Trinajstić information content (AvgIpc) is 2.95. The van der Waals surface area contributed by atoms with Gasteiger partial charge in [-0.2, -0.15) is 10.4 Å². The maximum absolute atomic E-state index is 12.2. The number of fused-ring (bicyclic) bond motifs is 1. The highest BCUT2D eigenvalue weighted by atomic mass is 16.6.